The van der Waals surface area contributed by atoms with E-state index in [0.717, 1.165) is 17.0 Å². The Morgan fingerprint density at radius 1 is 1.62 bits per heavy atom. The third kappa shape index (κ3) is 2.28. The van der Waals surface area contributed by atoms with Crippen LogP contribution < -0.4 is 5.32 Å². The largest absolute Gasteiger partial charge is 0.477 e. The van der Waals surface area contributed by atoms with Crippen LogP contribution in [0, 0.1) is 6.92 Å². The van der Waals surface area contributed by atoms with Gasteiger partial charge >= 0.3 is 5.97 Å². The number of carboxylic acids is 1. The molecule has 0 amide bonds. The summed E-state index contributed by atoms with van der Waals surface area (Å²) < 4.78 is 0. The minimum Gasteiger partial charge on any atom is -0.477 e. The fourth-order valence-corrected chi connectivity index (χ4v) is 2.87. The van der Waals surface area contributed by atoms with Crippen molar-refractivity contribution >= 4 is 17.3 Å². The summed E-state index contributed by atoms with van der Waals surface area (Å²) in [5, 5.41) is 12.4. The van der Waals surface area contributed by atoms with Crippen molar-refractivity contribution in [3.63, 3.8) is 0 Å². The molecule has 0 radical (unpaired) electrons. The Hall–Kier alpha value is -0.870. The summed E-state index contributed by atoms with van der Waals surface area (Å²) in [5.74, 6) is -0.825. The Balaban J connectivity index is 2.01. The van der Waals surface area contributed by atoms with Gasteiger partial charge in [0.1, 0.15) is 4.88 Å². The van der Waals surface area contributed by atoms with Gasteiger partial charge in [-0.25, -0.2) is 4.79 Å². The molecule has 88 valence electrons. The van der Waals surface area contributed by atoms with Gasteiger partial charge in [0.15, 0.2) is 0 Å². The van der Waals surface area contributed by atoms with Crippen molar-refractivity contribution in [1.82, 2.24) is 5.32 Å². The second-order valence-corrected chi connectivity index (χ2v) is 6.02. The van der Waals surface area contributed by atoms with Crippen LogP contribution in [0.25, 0.3) is 0 Å². The number of aryl methyl sites for hydroxylation is 1. The lowest BCUT2D eigenvalue weighted by atomic mass is 9.78. The first-order valence-corrected chi connectivity index (χ1v) is 6.39. The lowest BCUT2D eigenvalue weighted by Gasteiger charge is -2.39. The van der Waals surface area contributed by atoms with Crippen LogP contribution in [0.15, 0.2) is 6.07 Å². The normalized spacial score (nSPS) is 18.1. The molecule has 3 nitrogen and oxygen atoms in total. The van der Waals surface area contributed by atoms with Crippen LogP contribution in [-0.2, 0) is 6.54 Å². The van der Waals surface area contributed by atoms with Crippen molar-refractivity contribution in [3.05, 3.63) is 21.4 Å². The molecule has 0 saturated heterocycles. The molecule has 0 bridgehead atoms. The van der Waals surface area contributed by atoms with E-state index in [-0.39, 0.29) is 5.54 Å². The topological polar surface area (TPSA) is 49.3 Å². The molecule has 0 atom stereocenters. The summed E-state index contributed by atoms with van der Waals surface area (Å²) in [4.78, 5) is 12.4. The smallest absolute Gasteiger partial charge is 0.345 e. The average Bonchev–Trinajstić information content (AvgIpc) is 2.54. The van der Waals surface area contributed by atoms with E-state index in [0.29, 0.717) is 4.88 Å². The minimum atomic E-state index is -0.825. The Morgan fingerprint density at radius 2 is 2.31 bits per heavy atom. The molecule has 4 heteroatoms. The second-order valence-electron chi connectivity index (χ2n) is 4.76. The zero-order valence-electron chi connectivity index (χ0n) is 9.67. The van der Waals surface area contributed by atoms with Gasteiger partial charge in [0.25, 0.3) is 0 Å². The number of rotatable bonds is 4. The van der Waals surface area contributed by atoms with Crippen molar-refractivity contribution in [1.29, 1.82) is 0 Å². The van der Waals surface area contributed by atoms with Crippen LogP contribution in [0.3, 0.4) is 0 Å². The fraction of sp³-hybridized carbons (Fsp3) is 0.583. The number of aromatic carboxylic acids is 1. The quantitative estimate of drug-likeness (QED) is 0.849. The minimum absolute atomic E-state index is 0.276. The van der Waals surface area contributed by atoms with Gasteiger partial charge in [0, 0.05) is 17.0 Å². The van der Waals surface area contributed by atoms with E-state index < -0.39 is 5.97 Å². The molecular weight excluding hydrogens is 222 g/mol. The summed E-state index contributed by atoms with van der Waals surface area (Å²) in [6, 6.07) is 1.79. The highest BCUT2D eigenvalue weighted by molar-refractivity contribution is 7.14. The third-order valence-corrected chi connectivity index (χ3v) is 4.47. The summed E-state index contributed by atoms with van der Waals surface area (Å²) >= 11 is 1.36. The molecular formula is C12H17NO2S. The van der Waals surface area contributed by atoms with Gasteiger partial charge in [-0.3, -0.25) is 0 Å². The number of thiophene rings is 1. The molecule has 0 spiro atoms. The van der Waals surface area contributed by atoms with Crippen LogP contribution >= 0.6 is 11.3 Å². The zero-order valence-corrected chi connectivity index (χ0v) is 10.5. The van der Waals surface area contributed by atoms with E-state index >= 15 is 0 Å². The fourth-order valence-electron chi connectivity index (χ4n) is 1.99. The summed E-state index contributed by atoms with van der Waals surface area (Å²) in [7, 11) is 0. The van der Waals surface area contributed by atoms with Gasteiger partial charge in [0.2, 0.25) is 0 Å². The maximum atomic E-state index is 10.8. The molecule has 1 aromatic heterocycles. The van der Waals surface area contributed by atoms with Crippen LogP contribution in [0.4, 0.5) is 0 Å². The first-order valence-electron chi connectivity index (χ1n) is 5.58. The summed E-state index contributed by atoms with van der Waals surface area (Å²) in [6.07, 6.45) is 3.75. The van der Waals surface area contributed by atoms with Gasteiger partial charge < -0.3 is 10.4 Å². The predicted octanol–water partition coefficient (Wildman–Crippen LogP) is 2.79. The number of hydrogen-bond acceptors (Lipinski definition) is 3. The number of carbonyl (C=O) groups is 1. The van der Waals surface area contributed by atoms with Gasteiger partial charge in [0.05, 0.1) is 0 Å². The van der Waals surface area contributed by atoms with E-state index in [2.05, 4.69) is 12.2 Å². The molecule has 0 aliphatic heterocycles. The van der Waals surface area contributed by atoms with Crippen LogP contribution in [0.5, 0.6) is 0 Å². The van der Waals surface area contributed by atoms with Crippen molar-refractivity contribution in [2.75, 3.05) is 0 Å². The van der Waals surface area contributed by atoms with Crippen molar-refractivity contribution < 1.29 is 9.90 Å². The number of hydrogen-bond donors (Lipinski definition) is 2. The predicted molar refractivity (Wildman–Crippen MR) is 65.1 cm³/mol. The Bertz CT molecular complexity index is 407. The van der Waals surface area contributed by atoms with E-state index in [1.54, 1.807) is 6.07 Å². The van der Waals surface area contributed by atoms with E-state index in [9.17, 15) is 4.79 Å². The Labute approximate surface area is 99.5 Å². The third-order valence-electron chi connectivity index (χ3n) is 3.39. The maximum absolute atomic E-state index is 10.8. The van der Waals surface area contributed by atoms with E-state index in [1.807, 2.05) is 6.92 Å². The molecule has 0 aromatic carbocycles. The van der Waals surface area contributed by atoms with Gasteiger partial charge in [-0.1, -0.05) is 0 Å². The molecule has 1 aliphatic carbocycles. The van der Waals surface area contributed by atoms with E-state index in [1.165, 1.54) is 30.6 Å². The standard InChI is InChI=1S/C12H17NO2S/c1-8-9(6-10(16-8)11(14)15)7-13-12(2)4-3-5-12/h6,13H,3-5,7H2,1-2H3,(H,14,15). The Morgan fingerprint density at radius 3 is 2.75 bits per heavy atom. The van der Waals surface area contributed by atoms with Crippen molar-refractivity contribution in [3.8, 4) is 0 Å². The van der Waals surface area contributed by atoms with Crippen LogP contribution in [0.1, 0.15) is 46.3 Å². The first kappa shape index (κ1) is 11.6. The van der Waals surface area contributed by atoms with E-state index in [4.69, 9.17) is 5.11 Å². The Kier molecular flexibility index (Phi) is 3.04. The highest BCUT2D eigenvalue weighted by Crippen LogP contribution is 2.32. The highest BCUT2D eigenvalue weighted by Gasteiger charge is 2.30. The van der Waals surface area contributed by atoms with Crippen LogP contribution in [-0.4, -0.2) is 16.6 Å². The second kappa shape index (κ2) is 4.18. The molecule has 1 heterocycles. The zero-order chi connectivity index (χ0) is 11.8. The molecule has 1 aliphatic rings. The average molecular weight is 239 g/mol. The van der Waals surface area contributed by atoms with Gasteiger partial charge in [-0.2, -0.15) is 0 Å². The number of nitrogens with one attached hydrogen (secondary N) is 1. The van der Waals surface area contributed by atoms with Gasteiger partial charge in [-0.15, -0.1) is 11.3 Å². The van der Waals surface area contributed by atoms with Crippen molar-refractivity contribution in [2.45, 2.75) is 45.2 Å². The van der Waals surface area contributed by atoms with Gasteiger partial charge in [-0.05, 0) is 44.7 Å². The molecule has 1 saturated carbocycles. The monoisotopic (exact) mass is 239 g/mol. The maximum Gasteiger partial charge on any atom is 0.345 e. The lowest BCUT2D eigenvalue weighted by Crippen LogP contribution is -2.47. The molecule has 16 heavy (non-hydrogen) atoms. The number of carboxylic acid groups (broad SMARTS) is 1. The SMILES string of the molecule is Cc1sc(C(=O)O)cc1CNC1(C)CCC1. The first-order chi connectivity index (χ1) is 7.50. The summed E-state index contributed by atoms with van der Waals surface area (Å²) in [5.41, 5.74) is 1.40. The summed E-state index contributed by atoms with van der Waals surface area (Å²) in [6.45, 7) is 5.00. The lowest BCUT2D eigenvalue weighted by molar-refractivity contribution is 0.0702. The molecule has 2 N–H and O–H groups in total. The molecule has 0 unspecified atom stereocenters. The molecule has 1 fully saturated rings. The molecule has 1 aromatic rings. The van der Waals surface area contributed by atoms with Crippen LogP contribution in [0.2, 0.25) is 0 Å². The molecule has 2 rings (SSSR count). The highest BCUT2D eigenvalue weighted by atomic mass is 32.1. The van der Waals surface area contributed by atoms with Crippen molar-refractivity contribution in [2.24, 2.45) is 0 Å².